The van der Waals surface area contributed by atoms with E-state index in [1.165, 1.54) is 0 Å². The van der Waals surface area contributed by atoms with Crippen molar-refractivity contribution >= 4 is 200 Å². The highest BCUT2D eigenvalue weighted by atomic mass is 16.6. The molecule has 0 saturated carbocycles. The van der Waals surface area contributed by atoms with Crippen LogP contribution in [-0.4, -0.2) is 77.9 Å². The van der Waals surface area contributed by atoms with Crippen molar-refractivity contribution < 1.29 is 73.9 Å². The van der Waals surface area contributed by atoms with E-state index < -0.39 is 92.5 Å². The van der Waals surface area contributed by atoms with Crippen molar-refractivity contribution in [1.82, 2.24) is 0 Å². The second-order valence-corrected chi connectivity index (χ2v) is 39.3. The van der Waals surface area contributed by atoms with E-state index in [1.807, 2.05) is 24.3 Å². The average molecular weight is 1540 g/mol. The monoisotopic (exact) mass is 1540 g/mol. The Bertz CT molecular complexity index is 9710. The van der Waals surface area contributed by atoms with E-state index in [-0.39, 0.29) is 28.6 Å². The molecule has 7 N–H and O–H groups in total. The third kappa shape index (κ3) is 4.18. The van der Waals surface area contributed by atoms with E-state index >= 15 is 30.3 Å². The number of carbonyl (C=O) groups excluding carboxylic acids is 3. The summed E-state index contributed by atoms with van der Waals surface area (Å²) < 4.78 is 27.7. The van der Waals surface area contributed by atoms with E-state index in [4.69, 9.17) is 18.9 Å². The van der Waals surface area contributed by atoms with Crippen molar-refractivity contribution in [3.8, 4) is 45.3 Å². The number of aromatic hydroxyl groups is 1. The molecule has 0 radical (unpaired) electrons. The van der Waals surface area contributed by atoms with Gasteiger partial charge in [-0.25, -0.2) is 0 Å². The Morgan fingerprint density at radius 3 is 1.95 bits per heavy atom. The predicted molar refractivity (Wildman–Crippen MR) is 442 cm³/mol. The molecule has 0 aromatic heterocycles. The molecule has 15 heteroatoms. The number of benzene rings is 16. The largest absolute Gasteiger partial charge is 0.507 e. The molecule has 15 nitrogen and oxygen atoms in total. The Morgan fingerprint density at radius 1 is 0.450 bits per heavy atom. The van der Waals surface area contributed by atoms with Crippen LogP contribution in [0.15, 0.2) is 142 Å². The summed E-state index contributed by atoms with van der Waals surface area (Å²) in [6, 6.07) is 31.8. The average Bonchev–Trinajstić information content (AvgIpc) is 1.30. The number of carbonyl (C=O) groups is 4. The minimum Gasteiger partial charge on any atom is -0.507 e. The van der Waals surface area contributed by atoms with Gasteiger partial charge in [-0.1, -0.05) is 60.7 Å². The highest BCUT2D eigenvalue weighted by molar-refractivity contribution is 6.43. The fourth-order valence-electron chi connectivity index (χ4n) is 34.9. The summed E-state index contributed by atoms with van der Waals surface area (Å²) in [5.74, 6) is -10.1. The summed E-state index contributed by atoms with van der Waals surface area (Å²) in [7, 11) is 0. The van der Waals surface area contributed by atoms with Crippen LogP contribution in [0.4, 0.5) is 0 Å². The molecular formula is C105H42O15. The molecule has 16 aromatic carbocycles. The summed E-state index contributed by atoms with van der Waals surface area (Å²) in [4.78, 5) is 56.9. The van der Waals surface area contributed by atoms with Gasteiger partial charge in [0.1, 0.15) is 56.6 Å². The van der Waals surface area contributed by atoms with Gasteiger partial charge in [0, 0.05) is 108 Å². The first-order valence-corrected chi connectivity index (χ1v) is 41.9. The second-order valence-electron chi connectivity index (χ2n) is 39.3. The fraction of sp³-hybridized carbons (Fsp3) is 0.162. The molecular weight excluding hydrogens is 1500 g/mol. The third-order valence-electron chi connectivity index (χ3n) is 36.8. The van der Waals surface area contributed by atoms with Gasteiger partial charge < -0.3 is 54.7 Å². The zero-order valence-electron chi connectivity index (χ0n) is 61.7. The summed E-state index contributed by atoms with van der Waals surface area (Å²) >= 11 is 0. The van der Waals surface area contributed by atoms with Gasteiger partial charge in [-0.3, -0.25) is 19.2 Å². The van der Waals surface area contributed by atoms with Gasteiger partial charge in [0.2, 0.25) is 0 Å². The molecule has 0 bridgehead atoms. The van der Waals surface area contributed by atoms with E-state index in [1.54, 1.807) is 12.1 Å². The van der Waals surface area contributed by atoms with Gasteiger partial charge >= 0.3 is 5.97 Å². The number of phenolic OH excluding ortho intramolecular Hbond substituents is 1. The molecule has 2 spiro atoms. The lowest BCUT2D eigenvalue weighted by molar-refractivity contribution is -0.158. The van der Waals surface area contributed by atoms with Crippen LogP contribution in [0.25, 0.3) is 197 Å². The van der Waals surface area contributed by atoms with Gasteiger partial charge in [-0.15, -0.1) is 0 Å². The zero-order valence-corrected chi connectivity index (χ0v) is 61.7. The molecule has 39 rings (SSSR count). The topological polar surface area (TPSA) is 250 Å². The Morgan fingerprint density at radius 2 is 1.13 bits per heavy atom. The molecule has 120 heavy (non-hydrogen) atoms. The lowest BCUT2D eigenvalue weighted by atomic mass is 9.32. The van der Waals surface area contributed by atoms with Crippen LogP contribution in [-0.2, 0) is 52.7 Å². The van der Waals surface area contributed by atoms with E-state index in [2.05, 4.69) is 85.0 Å². The number of fused-ring (bicyclic) bond motifs is 3. The van der Waals surface area contributed by atoms with Gasteiger partial charge in [-0.2, -0.15) is 0 Å². The molecule has 552 valence electrons. The van der Waals surface area contributed by atoms with Crippen molar-refractivity contribution in [3.05, 3.63) is 252 Å². The Balaban J connectivity index is 0.876. The number of epoxide rings is 1. The zero-order chi connectivity index (χ0) is 77.2. The van der Waals surface area contributed by atoms with Crippen LogP contribution >= 0.6 is 0 Å². The number of hydrogen-bond donors (Lipinski definition) is 7. The van der Waals surface area contributed by atoms with E-state index in [0.29, 0.717) is 191 Å². The van der Waals surface area contributed by atoms with Gasteiger partial charge in [0.05, 0.1) is 5.92 Å². The van der Waals surface area contributed by atoms with Crippen molar-refractivity contribution in [2.75, 3.05) is 0 Å². The summed E-state index contributed by atoms with van der Waals surface area (Å²) in [6.45, 7) is 0.969. The lowest BCUT2D eigenvalue weighted by Gasteiger charge is -2.71. The second kappa shape index (κ2) is 15.1. The first-order chi connectivity index (χ1) is 58.6. The number of hydrogen-bond acceptors (Lipinski definition) is 14. The normalized spacial score (nSPS) is 32.5. The smallest absolute Gasteiger partial charge is 0.315 e. The SMILES string of the molecule is O=COc1cc2c3c4c5c6c7c8c9c%10c%11c%12c(ccc%11cc9c(O)c7cc5cc3c1)C=CC1C3=C5C7=C9C%11=C%13C%14=c%15c%16c%17c%18c%19c%15c%15c%20c%21c%22c%23c%24c%25c(cc%26c%27c(cc(c(c%27%25)=C5C%24C9(O)C%22(O)C%13%15)C3C(=O)O)CCC=%26)cc%23cc%21cc3cc5ccc9c(c5c%19c3%20)C%18(O)C(C=C9)c3c(OC=O)c(OC=O)c-2c(c3-%17)C4C%16(O)C6C%14(O)C8=C%11C%10C72OC%1212. The molecule has 16 aromatic rings. The van der Waals surface area contributed by atoms with Crippen LogP contribution in [0.3, 0.4) is 0 Å². The van der Waals surface area contributed by atoms with Crippen LogP contribution in [0, 0.1) is 5.92 Å². The highest BCUT2D eigenvalue weighted by Gasteiger charge is 2.91. The fourth-order valence-corrected chi connectivity index (χ4v) is 34.9. The molecule has 15 atom stereocenters. The van der Waals surface area contributed by atoms with Crippen molar-refractivity contribution in [3.63, 3.8) is 0 Å². The van der Waals surface area contributed by atoms with E-state index in [9.17, 15) is 24.6 Å². The van der Waals surface area contributed by atoms with Crippen LogP contribution in [0.1, 0.15) is 142 Å². The van der Waals surface area contributed by atoms with Crippen molar-refractivity contribution in [1.29, 1.82) is 0 Å². The molecule has 22 aliphatic carbocycles. The third-order valence-corrected chi connectivity index (χ3v) is 36.8. The van der Waals surface area contributed by atoms with Gasteiger partial charge in [-0.05, 0) is 330 Å². The first-order valence-electron chi connectivity index (χ1n) is 41.9. The minimum atomic E-state index is -2.41. The summed E-state index contributed by atoms with van der Waals surface area (Å²) in [6.07, 6.45) is 12.2. The van der Waals surface area contributed by atoms with Crippen LogP contribution in [0.2, 0.25) is 0 Å². The molecule has 1 heterocycles. The standard InChI is InChI=1S/C105H42O15/c106-23-117-38-18-36-17-37-21-42-56-69-55-41(94(42)109)20-31-7-5-27-9-11-44-59-58(98(110)111)39-19-29-3-1-2-28-12-33-15-35-16-34-14-32-13-30-6-4-26-8-10-43-60-64-71-57(95(118-24-107)96(60)119-25-108)40(22-38)46(36)66-49(37)76(56)97-100(113,83(66)71)86-77(64)84-73-62(50(30)81(26)99(43,84)112)47(32)63-52(34)88-53(35)67-48(33)61(45(28)29)54(39)70-72(59)93-92-75-79-87(78(86)65(73)74(63)90(79)102(88,115)103(92,116)89(67)70)101(97,114)85(69)80(75)91-68(55)51(31)82(27)104(44)105(91,93)120-104/h2,4-25,43-44,58,83,89-91,97,109,112-116H,1,3H2,(H,110,111). The van der Waals surface area contributed by atoms with Crippen LogP contribution < -0.4 is 29.9 Å². The molecule has 1 aliphatic heterocycles. The number of aliphatic hydroxyl groups is 5. The number of carboxylic acids is 1. The van der Waals surface area contributed by atoms with Crippen molar-refractivity contribution in [2.45, 2.75) is 93.5 Å². The molecule has 1 fully saturated rings. The van der Waals surface area contributed by atoms with Crippen molar-refractivity contribution in [2.24, 2.45) is 5.92 Å². The van der Waals surface area contributed by atoms with Gasteiger partial charge in [0.15, 0.2) is 11.5 Å². The number of rotatable bonds is 7. The van der Waals surface area contributed by atoms with Gasteiger partial charge in [0.25, 0.3) is 19.4 Å². The van der Waals surface area contributed by atoms with Crippen LogP contribution in [0.5, 0.6) is 23.0 Å². The number of carboxylic acid groups (broad SMARTS) is 1. The number of aryl methyl sites for hydroxylation is 1. The Hall–Kier alpha value is -13.5. The summed E-state index contributed by atoms with van der Waals surface area (Å²) in [5, 5.41) is 136. The number of phenols is 1. The molecule has 23 aliphatic rings. The maximum Gasteiger partial charge on any atom is 0.315 e. The Labute approximate surface area is 667 Å². The number of ether oxygens (including phenoxy) is 4. The highest BCUT2D eigenvalue weighted by Crippen LogP contribution is 2.93. The minimum absolute atomic E-state index is 0.0142. The maximum absolute atomic E-state index is 17.6. The molecule has 1 saturated heterocycles. The quantitative estimate of drug-likeness (QED) is 0.0339. The lowest BCUT2D eigenvalue weighted by Crippen LogP contribution is -2.72. The molecule has 0 amide bonds. The molecule has 15 unspecified atom stereocenters. The Kier molecular flexibility index (Phi) is 7.13. The summed E-state index contributed by atoms with van der Waals surface area (Å²) in [5.41, 5.74) is 5.21. The maximum atomic E-state index is 17.6. The predicted octanol–water partition coefficient (Wildman–Crippen LogP) is 14.0. The van der Waals surface area contributed by atoms with E-state index in [0.717, 1.165) is 164 Å². The first kappa shape index (κ1) is 56.8. The number of aliphatic carboxylic acids is 1.